The fourth-order valence-electron chi connectivity index (χ4n) is 4.26. The first-order valence-electron chi connectivity index (χ1n) is 10.4. The van der Waals surface area contributed by atoms with Crippen LogP contribution in [-0.2, 0) is 4.79 Å². The number of hydrogen-bond acceptors (Lipinski definition) is 5. The molecular weight excluding hydrogens is 382 g/mol. The molecule has 160 valence electrons. The molecular formula is C22H29N5O3. The van der Waals surface area contributed by atoms with Gasteiger partial charge >= 0.3 is 0 Å². The van der Waals surface area contributed by atoms with E-state index in [-0.39, 0.29) is 18.4 Å². The SMILES string of the molecule is Cc1ccc2c(c1)C(=O)N(CC(=O)Nc1c(C)n[nH]c1C)CC1(CCN(C)CC1)O2. The summed E-state index contributed by atoms with van der Waals surface area (Å²) >= 11 is 0. The number of rotatable bonds is 3. The van der Waals surface area contributed by atoms with Crippen LogP contribution < -0.4 is 10.1 Å². The quantitative estimate of drug-likeness (QED) is 0.809. The number of H-pyrrole nitrogens is 1. The molecule has 1 aromatic heterocycles. The van der Waals surface area contributed by atoms with Crippen molar-refractivity contribution in [2.45, 2.75) is 39.2 Å². The van der Waals surface area contributed by atoms with Crippen LogP contribution in [0.4, 0.5) is 5.69 Å². The van der Waals surface area contributed by atoms with Crippen LogP contribution >= 0.6 is 0 Å². The molecule has 2 aliphatic heterocycles. The van der Waals surface area contributed by atoms with Gasteiger partial charge in [0.1, 0.15) is 17.9 Å². The highest BCUT2D eigenvalue weighted by atomic mass is 16.5. The van der Waals surface area contributed by atoms with Crippen molar-refractivity contribution >= 4 is 17.5 Å². The van der Waals surface area contributed by atoms with Gasteiger partial charge in [-0.2, -0.15) is 5.10 Å². The van der Waals surface area contributed by atoms with Crippen LogP contribution in [0.25, 0.3) is 0 Å². The minimum Gasteiger partial charge on any atom is -0.484 e. The van der Waals surface area contributed by atoms with Crippen molar-refractivity contribution in [3.05, 3.63) is 40.7 Å². The first kappa shape index (κ1) is 20.4. The highest BCUT2D eigenvalue weighted by Gasteiger charge is 2.43. The molecule has 2 N–H and O–H groups in total. The summed E-state index contributed by atoms with van der Waals surface area (Å²) < 4.78 is 6.48. The number of aryl methyl sites for hydroxylation is 3. The molecule has 0 bridgehead atoms. The molecule has 0 aliphatic carbocycles. The second-order valence-electron chi connectivity index (χ2n) is 8.61. The Labute approximate surface area is 176 Å². The third-order valence-electron chi connectivity index (χ3n) is 6.08. The molecule has 1 spiro atoms. The van der Waals surface area contributed by atoms with Crippen LogP contribution in [0, 0.1) is 20.8 Å². The normalized spacial score (nSPS) is 18.7. The van der Waals surface area contributed by atoms with Crippen molar-refractivity contribution in [1.29, 1.82) is 0 Å². The standard InChI is InChI=1S/C22H29N5O3/c1-14-5-6-18-17(11-14)21(29)27(13-22(30-18)7-9-26(4)10-8-22)12-19(28)23-20-15(2)24-25-16(20)3/h5-6,11H,7-10,12-13H2,1-4H3,(H,23,28)(H,24,25). The number of hydrogen-bond donors (Lipinski definition) is 2. The summed E-state index contributed by atoms with van der Waals surface area (Å²) in [7, 11) is 2.09. The van der Waals surface area contributed by atoms with Gasteiger partial charge in [0.25, 0.3) is 5.91 Å². The summed E-state index contributed by atoms with van der Waals surface area (Å²) in [6.07, 6.45) is 1.62. The molecule has 2 aromatic rings. The maximum atomic E-state index is 13.4. The number of amides is 2. The Bertz CT molecular complexity index is 956. The summed E-state index contributed by atoms with van der Waals surface area (Å²) in [5.41, 5.74) is 3.21. The molecule has 0 saturated carbocycles. The Morgan fingerprint density at radius 1 is 1.27 bits per heavy atom. The van der Waals surface area contributed by atoms with Crippen molar-refractivity contribution in [1.82, 2.24) is 20.0 Å². The van der Waals surface area contributed by atoms with Gasteiger partial charge in [0.2, 0.25) is 5.91 Å². The maximum absolute atomic E-state index is 13.4. The Hall–Kier alpha value is -2.87. The van der Waals surface area contributed by atoms with Gasteiger partial charge in [0, 0.05) is 25.9 Å². The van der Waals surface area contributed by atoms with E-state index in [9.17, 15) is 9.59 Å². The third kappa shape index (κ3) is 3.92. The number of likely N-dealkylation sites (tertiary alicyclic amines) is 1. The number of ether oxygens (including phenoxy) is 1. The third-order valence-corrected chi connectivity index (χ3v) is 6.08. The van der Waals surface area contributed by atoms with Crippen molar-refractivity contribution in [2.24, 2.45) is 0 Å². The van der Waals surface area contributed by atoms with Crippen LogP contribution in [0.15, 0.2) is 18.2 Å². The fraction of sp³-hybridized carbons (Fsp3) is 0.500. The largest absolute Gasteiger partial charge is 0.484 e. The Morgan fingerprint density at radius 2 is 2.00 bits per heavy atom. The zero-order valence-corrected chi connectivity index (χ0v) is 18.0. The lowest BCUT2D eigenvalue weighted by Crippen LogP contribution is -2.54. The molecule has 30 heavy (non-hydrogen) atoms. The van der Waals surface area contributed by atoms with Crippen LogP contribution in [0.3, 0.4) is 0 Å². The summed E-state index contributed by atoms with van der Waals surface area (Å²) in [4.78, 5) is 30.1. The van der Waals surface area contributed by atoms with E-state index in [1.54, 1.807) is 4.90 Å². The lowest BCUT2D eigenvalue weighted by atomic mass is 9.90. The minimum absolute atomic E-state index is 0.0305. The number of fused-ring (bicyclic) bond motifs is 1. The predicted octanol–water partition coefficient (Wildman–Crippen LogP) is 2.27. The fourth-order valence-corrected chi connectivity index (χ4v) is 4.26. The molecule has 2 aliphatic rings. The van der Waals surface area contributed by atoms with Gasteiger partial charge in [-0.3, -0.25) is 14.7 Å². The Morgan fingerprint density at radius 3 is 2.67 bits per heavy atom. The van der Waals surface area contributed by atoms with E-state index < -0.39 is 5.60 Å². The van der Waals surface area contributed by atoms with Crippen molar-refractivity contribution in [3.63, 3.8) is 0 Å². The van der Waals surface area contributed by atoms with Crippen molar-refractivity contribution < 1.29 is 14.3 Å². The van der Waals surface area contributed by atoms with Gasteiger partial charge in [0.15, 0.2) is 0 Å². The van der Waals surface area contributed by atoms with E-state index in [4.69, 9.17) is 4.74 Å². The van der Waals surface area contributed by atoms with Gasteiger partial charge in [0.05, 0.1) is 29.2 Å². The second-order valence-corrected chi connectivity index (χ2v) is 8.61. The van der Waals surface area contributed by atoms with Crippen LogP contribution in [0.2, 0.25) is 0 Å². The molecule has 1 aromatic carbocycles. The first-order valence-corrected chi connectivity index (χ1v) is 10.4. The van der Waals surface area contributed by atoms with E-state index in [1.807, 2.05) is 39.0 Å². The van der Waals surface area contributed by atoms with Crippen molar-refractivity contribution in [2.75, 3.05) is 38.5 Å². The lowest BCUT2D eigenvalue weighted by molar-refractivity contribution is -0.117. The number of carbonyl (C=O) groups is 2. The Balaban J connectivity index is 1.62. The van der Waals surface area contributed by atoms with Gasteiger partial charge in [-0.05, 0) is 40.0 Å². The van der Waals surface area contributed by atoms with E-state index in [0.29, 0.717) is 23.5 Å². The predicted molar refractivity (Wildman–Crippen MR) is 114 cm³/mol. The molecule has 3 heterocycles. The highest BCUT2D eigenvalue weighted by Crippen LogP contribution is 2.35. The zero-order valence-electron chi connectivity index (χ0n) is 18.0. The number of benzene rings is 1. The number of piperidine rings is 1. The van der Waals surface area contributed by atoms with Gasteiger partial charge in [-0.1, -0.05) is 11.6 Å². The molecule has 4 rings (SSSR count). The Kier molecular flexibility index (Phi) is 5.27. The zero-order chi connectivity index (χ0) is 21.5. The second kappa shape index (κ2) is 7.75. The van der Waals surface area contributed by atoms with Gasteiger partial charge in [-0.25, -0.2) is 0 Å². The van der Waals surface area contributed by atoms with E-state index in [1.165, 1.54) is 0 Å². The average molecular weight is 412 g/mol. The van der Waals surface area contributed by atoms with E-state index >= 15 is 0 Å². The number of aromatic nitrogens is 2. The minimum atomic E-state index is -0.482. The molecule has 8 heteroatoms. The van der Waals surface area contributed by atoms with E-state index in [0.717, 1.165) is 42.9 Å². The first-order chi connectivity index (χ1) is 14.3. The number of anilines is 1. The van der Waals surface area contributed by atoms with Gasteiger partial charge < -0.3 is 19.9 Å². The van der Waals surface area contributed by atoms with E-state index in [2.05, 4.69) is 27.5 Å². The molecule has 0 unspecified atom stereocenters. The monoisotopic (exact) mass is 411 g/mol. The lowest BCUT2D eigenvalue weighted by Gasteiger charge is -2.41. The number of aromatic amines is 1. The number of nitrogens with zero attached hydrogens (tertiary/aromatic N) is 3. The highest BCUT2D eigenvalue weighted by molar-refractivity contribution is 6.01. The van der Waals surface area contributed by atoms with Gasteiger partial charge in [-0.15, -0.1) is 0 Å². The molecule has 2 amide bonds. The van der Waals surface area contributed by atoms with Crippen LogP contribution in [0.1, 0.15) is 40.2 Å². The van der Waals surface area contributed by atoms with Crippen LogP contribution in [-0.4, -0.2) is 70.6 Å². The average Bonchev–Trinajstić information content (AvgIpc) is 2.97. The molecule has 1 fully saturated rings. The smallest absolute Gasteiger partial charge is 0.258 e. The maximum Gasteiger partial charge on any atom is 0.258 e. The molecule has 8 nitrogen and oxygen atoms in total. The summed E-state index contributed by atoms with van der Waals surface area (Å²) in [5.74, 6) is 0.204. The summed E-state index contributed by atoms with van der Waals surface area (Å²) in [6.45, 7) is 7.78. The number of nitrogens with one attached hydrogen (secondary N) is 2. The molecule has 0 radical (unpaired) electrons. The van der Waals surface area contributed by atoms with Crippen LogP contribution in [0.5, 0.6) is 5.75 Å². The summed E-state index contributed by atoms with van der Waals surface area (Å²) in [6, 6.07) is 5.69. The topological polar surface area (TPSA) is 90.6 Å². The van der Waals surface area contributed by atoms with Crippen molar-refractivity contribution in [3.8, 4) is 5.75 Å². The molecule has 1 saturated heterocycles. The summed E-state index contributed by atoms with van der Waals surface area (Å²) in [5, 5.41) is 9.89. The molecule has 0 atom stereocenters. The number of carbonyl (C=O) groups excluding carboxylic acids is 2.